The summed E-state index contributed by atoms with van der Waals surface area (Å²) in [5.41, 5.74) is 2.72. The first kappa shape index (κ1) is 20.1. The van der Waals surface area contributed by atoms with Gasteiger partial charge in [0.25, 0.3) is 0 Å². The number of aromatic nitrogens is 5. The van der Waals surface area contributed by atoms with Crippen molar-refractivity contribution in [2.24, 2.45) is 0 Å². The molecule has 0 aliphatic carbocycles. The van der Waals surface area contributed by atoms with E-state index in [-0.39, 0.29) is 0 Å². The van der Waals surface area contributed by atoms with E-state index in [1.165, 1.54) is 12.5 Å². The van der Waals surface area contributed by atoms with Crippen LogP contribution in [0, 0.1) is 0 Å². The largest absolute Gasteiger partial charge is 0.462 e. The zero-order valence-corrected chi connectivity index (χ0v) is 16.9. The number of carbonyl (C=O) groups is 1. The maximum atomic E-state index is 11.8. The van der Waals surface area contributed by atoms with Crippen molar-refractivity contribution in [3.8, 4) is 11.6 Å². The fraction of sp³-hybridized carbons (Fsp3) is 0.182. The van der Waals surface area contributed by atoms with Crippen LogP contribution >= 0.6 is 0 Å². The van der Waals surface area contributed by atoms with Crippen molar-refractivity contribution in [1.82, 2.24) is 24.9 Å². The first-order chi connectivity index (χ1) is 15.2. The molecule has 0 saturated heterocycles. The van der Waals surface area contributed by atoms with Crippen LogP contribution in [0.5, 0.6) is 11.6 Å². The zero-order chi connectivity index (χ0) is 21.5. The van der Waals surface area contributed by atoms with E-state index in [0.29, 0.717) is 47.3 Å². The Balaban J connectivity index is 1.34. The maximum Gasteiger partial charge on any atom is 0.338 e. The van der Waals surface area contributed by atoms with Gasteiger partial charge in [-0.2, -0.15) is 0 Å². The molecule has 0 aliphatic rings. The molecule has 0 fully saturated rings. The Morgan fingerprint density at radius 3 is 2.65 bits per heavy atom. The number of fused-ring (bicyclic) bond motifs is 1. The van der Waals surface area contributed by atoms with E-state index in [9.17, 15) is 4.79 Å². The number of ether oxygens (including phenoxy) is 2. The minimum absolute atomic E-state index is 0.314. The first-order valence-corrected chi connectivity index (χ1v) is 9.78. The summed E-state index contributed by atoms with van der Waals surface area (Å²) in [6, 6.07) is 10.8. The van der Waals surface area contributed by atoms with E-state index in [1.54, 1.807) is 31.5 Å². The van der Waals surface area contributed by atoms with E-state index >= 15 is 0 Å². The summed E-state index contributed by atoms with van der Waals surface area (Å²) in [4.78, 5) is 32.8. The Bertz CT molecular complexity index is 1180. The van der Waals surface area contributed by atoms with Crippen molar-refractivity contribution in [1.29, 1.82) is 0 Å². The molecule has 156 valence electrons. The standard InChI is InChI=1S/C22H20N6O3/c1-2-30-22(29)16-8-10-23-18(13-16)31-17-5-3-15(4-6-17)7-9-25-20-19-21(28-14-27-20)26-12-11-24-19/h3-6,8,10-14H,2,7,9H2,1H3,(H,25,26,27,28). The number of pyridine rings is 1. The van der Waals surface area contributed by atoms with Crippen LogP contribution in [-0.4, -0.2) is 44.0 Å². The van der Waals surface area contributed by atoms with E-state index in [4.69, 9.17) is 9.47 Å². The molecule has 0 saturated carbocycles. The van der Waals surface area contributed by atoms with E-state index in [2.05, 4.69) is 30.2 Å². The summed E-state index contributed by atoms with van der Waals surface area (Å²) >= 11 is 0. The number of esters is 1. The number of hydrogen-bond acceptors (Lipinski definition) is 9. The SMILES string of the molecule is CCOC(=O)c1ccnc(Oc2ccc(CCNc3ncnc4nccnc34)cc2)c1. The number of nitrogens with one attached hydrogen (secondary N) is 1. The first-order valence-electron chi connectivity index (χ1n) is 9.78. The lowest BCUT2D eigenvalue weighted by Gasteiger charge is -2.09. The topological polar surface area (TPSA) is 112 Å². The number of hydrogen-bond donors (Lipinski definition) is 1. The highest BCUT2D eigenvalue weighted by Crippen LogP contribution is 2.21. The molecule has 3 heterocycles. The molecular weight excluding hydrogens is 396 g/mol. The van der Waals surface area contributed by atoms with Crippen LogP contribution in [-0.2, 0) is 11.2 Å². The molecule has 4 aromatic rings. The molecule has 1 aromatic carbocycles. The second kappa shape index (κ2) is 9.57. The summed E-state index contributed by atoms with van der Waals surface area (Å²) in [5.74, 6) is 1.21. The number of carbonyl (C=O) groups excluding carboxylic acids is 1. The van der Waals surface area contributed by atoms with Gasteiger partial charge in [0, 0.05) is 31.2 Å². The van der Waals surface area contributed by atoms with E-state index in [0.717, 1.165) is 12.0 Å². The average molecular weight is 416 g/mol. The molecule has 9 heteroatoms. The minimum Gasteiger partial charge on any atom is -0.462 e. The van der Waals surface area contributed by atoms with E-state index < -0.39 is 5.97 Å². The summed E-state index contributed by atoms with van der Waals surface area (Å²) in [5, 5.41) is 3.28. The van der Waals surface area contributed by atoms with Gasteiger partial charge in [0.2, 0.25) is 5.88 Å². The van der Waals surface area contributed by atoms with Crippen LogP contribution in [0.1, 0.15) is 22.8 Å². The van der Waals surface area contributed by atoms with Gasteiger partial charge in [-0.25, -0.2) is 29.7 Å². The second-order valence-electron chi connectivity index (χ2n) is 6.48. The van der Waals surface area contributed by atoms with Crippen LogP contribution < -0.4 is 10.1 Å². The average Bonchev–Trinajstić information content (AvgIpc) is 2.81. The fourth-order valence-corrected chi connectivity index (χ4v) is 2.90. The third kappa shape index (κ3) is 5.08. The Kier molecular flexibility index (Phi) is 6.22. The lowest BCUT2D eigenvalue weighted by Crippen LogP contribution is -2.08. The molecule has 0 aliphatic heterocycles. The quantitative estimate of drug-likeness (QED) is 0.432. The minimum atomic E-state index is -0.403. The summed E-state index contributed by atoms with van der Waals surface area (Å²) in [7, 11) is 0. The molecule has 0 unspecified atom stereocenters. The second-order valence-corrected chi connectivity index (χ2v) is 6.48. The summed E-state index contributed by atoms with van der Waals surface area (Å²) in [6.07, 6.45) is 6.99. The molecule has 31 heavy (non-hydrogen) atoms. The van der Waals surface area contributed by atoms with Crippen LogP contribution in [0.25, 0.3) is 11.2 Å². The van der Waals surface area contributed by atoms with Crippen molar-refractivity contribution >= 4 is 23.0 Å². The molecule has 0 amide bonds. The number of anilines is 1. The monoisotopic (exact) mass is 416 g/mol. The highest BCUT2D eigenvalue weighted by atomic mass is 16.5. The van der Waals surface area contributed by atoms with Gasteiger partial charge in [0.15, 0.2) is 11.5 Å². The van der Waals surface area contributed by atoms with Crippen LogP contribution in [0.15, 0.2) is 61.3 Å². The molecule has 0 bridgehead atoms. The van der Waals surface area contributed by atoms with Gasteiger partial charge in [-0.3, -0.25) is 0 Å². The molecule has 0 radical (unpaired) electrons. The number of benzene rings is 1. The van der Waals surface area contributed by atoms with Crippen LogP contribution in [0.2, 0.25) is 0 Å². The van der Waals surface area contributed by atoms with Crippen molar-refractivity contribution < 1.29 is 14.3 Å². The number of rotatable bonds is 8. The molecule has 0 spiro atoms. The van der Waals surface area contributed by atoms with E-state index in [1.807, 2.05) is 24.3 Å². The maximum absolute atomic E-state index is 11.8. The molecule has 1 N–H and O–H groups in total. The lowest BCUT2D eigenvalue weighted by atomic mass is 10.1. The van der Waals surface area contributed by atoms with Gasteiger partial charge < -0.3 is 14.8 Å². The molecule has 3 aromatic heterocycles. The third-order valence-corrected chi connectivity index (χ3v) is 4.37. The molecular formula is C22H20N6O3. The Hall–Kier alpha value is -4.14. The highest BCUT2D eigenvalue weighted by molar-refractivity contribution is 5.89. The zero-order valence-electron chi connectivity index (χ0n) is 16.9. The predicted molar refractivity (Wildman–Crippen MR) is 114 cm³/mol. The summed E-state index contributed by atoms with van der Waals surface area (Å²) in [6.45, 7) is 2.75. The van der Waals surface area contributed by atoms with Crippen molar-refractivity contribution in [2.75, 3.05) is 18.5 Å². The van der Waals surface area contributed by atoms with Gasteiger partial charge >= 0.3 is 5.97 Å². The lowest BCUT2D eigenvalue weighted by molar-refractivity contribution is 0.0526. The van der Waals surface area contributed by atoms with Gasteiger partial charge in [-0.1, -0.05) is 12.1 Å². The van der Waals surface area contributed by atoms with Gasteiger partial charge in [-0.15, -0.1) is 0 Å². The number of nitrogens with zero attached hydrogens (tertiary/aromatic N) is 5. The normalized spacial score (nSPS) is 10.6. The molecule has 9 nitrogen and oxygen atoms in total. The van der Waals surface area contributed by atoms with Gasteiger partial charge in [-0.05, 0) is 37.1 Å². The molecule has 4 rings (SSSR count). The Labute approximate surface area is 178 Å². The highest BCUT2D eigenvalue weighted by Gasteiger charge is 2.09. The van der Waals surface area contributed by atoms with Crippen molar-refractivity contribution in [3.63, 3.8) is 0 Å². The predicted octanol–water partition coefficient (Wildman–Crippen LogP) is 3.44. The Morgan fingerprint density at radius 1 is 0.968 bits per heavy atom. The molecule has 0 atom stereocenters. The summed E-state index contributed by atoms with van der Waals surface area (Å²) < 4.78 is 10.8. The van der Waals surface area contributed by atoms with Crippen molar-refractivity contribution in [3.05, 3.63) is 72.4 Å². The third-order valence-electron chi connectivity index (χ3n) is 4.37. The fourth-order valence-electron chi connectivity index (χ4n) is 2.90. The van der Waals surface area contributed by atoms with Gasteiger partial charge in [0.1, 0.15) is 17.6 Å². The Morgan fingerprint density at radius 2 is 1.81 bits per heavy atom. The van der Waals surface area contributed by atoms with Crippen molar-refractivity contribution in [2.45, 2.75) is 13.3 Å². The van der Waals surface area contributed by atoms with Gasteiger partial charge in [0.05, 0.1) is 12.2 Å². The van der Waals surface area contributed by atoms with Crippen LogP contribution in [0.4, 0.5) is 5.82 Å². The smallest absolute Gasteiger partial charge is 0.338 e. The van der Waals surface area contributed by atoms with Crippen LogP contribution in [0.3, 0.4) is 0 Å².